The Bertz CT molecular complexity index is 1700. The van der Waals surface area contributed by atoms with Crippen LogP contribution in [0.3, 0.4) is 0 Å². The summed E-state index contributed by atoms with van der Waals surface area (Å²) in [5, 5.41) is 1.46. The Morgan fingerprint density at radius 2 is 1.71 bits per heavy atom. The molecule has 1 saturated heterocycles. The fraction of sp³-hybridized carbons (Fsp3) is 0.312. The van der Waals surface area contributed by atoms with Gasteiger partial charge in [-0.25, -0.2) is 24.1 Å². The summed E-state index contributed by atoms with van der Waals surface area (Å²) < 4.78 is 34.9. The maximum atomic E-state index is 14.0. The van der Waals surface area contributed by atoms with Crippen molar-refractivity contribution < 1.29 is 18.4 Å². The van der Waals surface area contributed by atoms with Crippen LogP contribution in [0.15, 0.2) is 76.6 Å². The minimum Gasteiger partial charge on any atom is -0.378 e. The molecule has 10 heteroatoms. The van der Waals surface area contributed by atoms with Gasteiger partial charge in [0.25, 0.3) is 0 Å². The first kappa shape index (κ1) is 28.5. The Kier molecular flexibility index (Phi) is 7.83. The second kappa shape index (κ2) is 11.6. The van der Waals surface area contributed by atoms with Crippen LogP contribution in [-0.4, -0.2) is 42.9 Å². The molecule has 2 aliphatic heterocycles. The van der Waals surface area contributed by atoms with Gasteiger partial charge in [0.05, 0.1) is 24.3 Å². The summed E-state index contributed by atoms with van der Waals surface area (Å²) >= 11 is 0. The molecule has 3 aromatic carbocycles. The third kappa shape index (κ3) is 5.33. The van der Waals surface area contributed by atoms with Crippen molar-refractivity contribution in [2.45, 2.75) is 38.5 Å². The van der Waals surface area contributed by atoms with E-state index in [-0.39, 0.29) is 17.1 Å². The smallest absolute Gasteiger partial charge is 0.200 e. The van der Waals surface area contributed by atoms with Crippen molar-refractivity contribution in [1.29, 1.82) is 0 Å². The van der Waals surface area contributed by atoms with Gasteiger partial charge in [-0.15, -0.1) is 9.24 Å². The highest BCUT2D eigenvalue weighted by molar-refractivity contribution is 7.28. The van der Waals surface area contributed by atoms with E-state index in [0.717, 1.165) is 40.7 Å². The van der Waals surface area contributed by atoms with Crippen molar-refractivity contribution in [1.82, 2.24) is 10.0 Å². The topological polar surface area (TPSA) is 68.1 Å². The molecule has 218 valence electrons. The van der Waals surface area contributed by atoms with Crippen molar-refractivity contribution in [2.24, 2.45) is 4.99 Å². The maximum Gasteiger partial charge on any atom is 0.200 e. The van der Waals surface area contributed by atoms with Crippen LogP contribution in [0.4, 0.5) is 14.5 Å². The second-order valence-electron chi connectivity index (χ2n) is 11.0. The molecule has 7 nitrogen and oxygen atoms in total. The van der Waals surface area contributed by atoms with Crippen LogP contribution in [-0.2, 0) is 21.5 Å². The number of halogens is 2. The average Bonchev–Trinajstić information content (AvgIpc) is 3.51. The summed E-state index contributed by atoms with van der Waals surface area (Å²) in [4.78, 5) is 27.1. The second-order valence-corrected chi connectivity index (χ2v) is 11.6. The molecule has 0 aliphatic carbocycles. The number of ether oxygens (including phenoxy) is 1. The normalized spacial score (nSPS) is 18.5. The summed E-state index contributed by atoms with van der Waals surface area (Å²) in [6.07, 6.45) is 1.83. The van der Waals surface area contributed by atoms with Crippen molar-refractivity contribution in [3.05, 3.63) is 105 Å². The SMILES string of the molecule is CCC(C)(c1ccc(F)cc1)C1N=C(c2cn(Cc3ccc(F)cc3)c3cc(N4CCOCC4)c(P)cc3c2=O)NO1. The molecule has 4 aromatic rings. The minimum atomic E-state index is -0.635. The number of hydrogen-bond donors (Lipinski definition) is 1. The zero-order valence-electron chi connectivity index (χ0n) is 23.6. The van der Waals surface area contributed by atoms with Gasteiger partial charge in [-0.3, -0.25) is 4.79 Å². The van der Waals surface area contributed by atoms with Crippen LogP contribution in [0.2, 0.25) is 0 Å². The maximum absolute atomic E-state index is 14.0. The molecule has 1 aromatic heterocycles. The molecule has 0 amide bonds. The van der Waals surface area contributed by atoms with Crippen molar-refractivity contribution in [3.8, 4) is 0 Å². The zero-order valence-corrected chi connectivity index (χ0v) is 24.7. The number of nitrogens with zero attached hydrogens (tertiary/aromatic N) is 3. The fourth-order valence-electron chi connectivity index (χ4n) is 5.64. The zero-order chi connectivity index (χ0) is 29.4. The monoisotopic (exact) mass is 590 g/mol. The molecule has 0 saturated carbocycles. The van der Waals surface area contributed by atoms with E-state index in [1.807, 2.05) is 30.5 Å². The van der Waals surface area contributed by atoms with Crippen molar-refractivity contribution in [3.63, 3.8) is 0 Å². The van der Waals surface area contributed by atoms with E-state index in [1.165, 1.54) is 24.3 Å². The number of morpholine rings is 1. The highest BCUT2D eigenvalue weighted by atomic mass is 31.0. The molecule has 0 bridgehead atoms. The first-order chi connectivity index (χ1) is 20.3. The molecular formula is C32H33F2N4O3P. The summed E-state index contributed by atoms with van der Waals surface area (Å²) in [6.45, 7) is 7.27. The fourth-order valence-corrected chi connectivity index (χ4v) is 6.07. The van der Waals surface area contributed by atoms with Gasteiger partial charge in [0.15, 0.2) is 17.5 Å². The third-order valence-corrected chi connectivity index (χ3v) is 8.86. The van der Waals surface area contributed by atoms with Crippen LogP contribution in [0, 0.1) is 11.6 Å². The van der Waals surface area contributed by atoms with Gasteiger partial charge < -0.3 is 14.2 Å². The first-order valence-electron chi connectivity index (χ1n) is 14.1. The summed E-state index contributed by atoms with van der Waals surface area (Å²) in [6, 6.07) is 16.6. The molecule has 0 spiro atoms. The van der Waals surface area contributed by atoms with E-state index in [1.54, 1.807) is 30.5 Å². The highest BCUT2D eigenvalue weighted by Crippen LogP contribution is 2.35. The van der Waals surface area contributed by atoms with E-state index in [4.69, 9.17) is 14.6 Å². The highest BCUT2D eigenvalue weighted by Gasteiger charge is 2.39. The van der Waals surface area contributed by atoms with Gasteiger partial charge in [-0.1, -0.05) is 38.1 Å². The third-order valence-electron chi connectivity index (χ3n) is 8.40. The number of nitrogens with one attached hydrogen (secondary N) is 1. The Labute approximate surface area is 245 Å². The number of hydrogen-bond acceptors (Lipinski definition) is 6. The number of pyridine rings is 1. The van der Waals surface area contributed by atoms with Gasteiger partial charge in [0, 0.05) is 42.3 Å². The number of fused-ring (bicyclic) bond motifs is 1. The molecule has 1 fully saturated rings. The lowest BCUT2D eigenvalue weighted by molar-refractivity contribution is -0.0106. The Morgan fingerprint density at radius 1 is 1.05 bits per heavy atom. The van der Waals surface area contributed by atoms with Crippen LogP contribution in [0.5, 0.6) is 0 Å². The predicted molar refractivity (Wildman–Crippen MR) is 165 cm³/mol. The number of anilines is 1. The van der Waals surface area contributed by atoms with Gasteiger partial charge in [0.1, 0.15) is 11.6 Å². The van der Waals surface area contributed by atoms with Crippen LogP contribution < -0.4 is 21.1 Å². The largest absolute Gasteiger partial charge is 0.378 e. The molecule has 6 rings (SSSR count). The summed E-state index contributed by atoms with van der Waals surface area (Å²) in [7, 11) is 2.76. The number of amidine groups is 1. The van der Waals surface area contributed by atoms with Gasteiger partial charge in [-0.05, 0) is 59.3 Å². The Balaban J connectivity index is 1.46. The number of aliphatic imine (C=N–C) groups is 1. The standard InChI is InChI=1S/C32H33F2N4O3P/c1-3-32(2,21-6-10-23(34)11-7-21)31-35-30(36-41-31)25-19-38(18-20-4-8-22(33)9-5-20)26-17-27(37-12-14-40-15-13-37)28(42)16-24(26)29(25)39/h4-11,16-17,19,31H,3,12-15,18,42H2,1-2H3,(H,35,36). The lowest BCUT2D eigenvalue weighted by atomic mass is 9.78. The van der Waals surface area contributed by atoms with E-state index < -0.39 is 11.6 Å². The van der Waals surface area contributed by atoms with Gasteiger partial charge in [-0.2, -0.15) is 0 Å². The van der Waals surface area contributed by atoms with Gasteiger partial charge in [0.2, 0.25) is 0 Å². The minimum absolute atomic E-state index is 0.173. The average molecular weight is 591 g/mol. The number of hydroxylamine groups is 1. The van der Waals surface area contributed by atoms with Crippen LogP contribution in [0.25, 0.3) is 10.9 Å². The summed E-state index contributed by atoms with van der Waals surface area (Å²) in [5.41, 5.74) is 6.11. The molecule has 2 aliphatic rings. The van der Waals surface area contributed by atoms with Gasteiger partial charge >= 0.3 is 0 Å². The van der Waals surface area contributed by atoms with E-state index in [2.05, 4.69) is 19.6 Å². The van der Waals surface area contributed by atoms with E-state index in [9.17, 15) is 13.6 Å². The Morgan fingerprint density at radius 3 is 2.38 bits per heavy atom. The lowest BCUT2D eigenvalue weighted by Gasteiger charge is -2.31. The molecule has 3 heterocycles. The number of benzene rings is 3. The van der Waals surface area contributed by atoms with Crippen LogP contribution in [0.1, 0.15) is 37.0 Å². The molecular weight excluding hydrogens is 557 g/mol. The van der Waals surface area contributed by atoms with E-state index in [0.29, 0.717) is 43.0 Å². The molecule has 3 unspecified atom stereocenters. The summed E-state index contributed by atoms with van der Waals surface area (Å²) in [5.74, 6) is -0.279. The molecule has 3 atom stereocenters. The molecule has 42 heavy (non-hydrogen) atoms. The molecule has 1 N–H and O–H groups in total. The van der Waals surface area contributed by atoms with Crippen molar-refractivity contribution >= 4 is 37.0 Å². The van der Waals surface area contributed by atoms with E-state index >= 15 is 0 Å². The Hall–Kier alpha value is -3.65. The predicted octanol–water partition coefficient (Wildman–Crippen LogP) is 4.64. The number of rotatable bonds is 7. The van der Waals surface area contributed by atoms with Crippen LogP contribution >= 0.6 is 9.24 Å². The van der Waals surface area contributed by atoms with Crippen molar-refractivity contribution in [2.75, 3.05) is 31.2 Å². The number of aromatic nitrogens is 1. The first-order valence-corrected chi connectivity index (χ1v) is 14.6. The quantitative estimate of drug-likeness (QED) is 0.318. The lowest BCUT2D eigenvalue weighted by Crippen LogP contribution is -2.38. The molecule has 0 radical (unpaired) electrons.